The van der Waals surface area contributed by atoms with E-state index in [4.69, 9.17) is 10.6 Å². The average Bonchev–Trinajstić information content (AvgIpc) is 2.40. The lowest BCUT2D eigenvalue weighted by molar-refractivity contribution is -0.126. The Morgan fingerprint density at radius 3 is 2.71 bits per heavy atom. The summed E-state index contributed by atoms with van der Waals surface area (Å²) in [4.78, 5) is 15.5. The molecule has 1 fully saturated rings. The number of nitrogens with one attached hydrogen (secondary N) is 1. The Bertz CT molecular complexity index is 361. The van der Waals surface area contributed by atoms with E-state index in [1.807, 2.05) is 18.2 Å². The number of amides is 1. The van der Waals surface area contributed by atoms with Crippen molar-refractivity contribution in [2.24, 2.45) is 11.8 Å². The van der Waals surface area contributed by atoms with Crippen LogP contribution in [-0.4, -0.2) is 17.0 Å². The molecule has 0 spiro atoms. The fourth-order valence-electron chi connectivity index (χ4n) is 2.15. The molecule has 0 saturated heterocycles. The second kappa shape index (κ2) is 5.63. The van der Waals surface area contributed by atoms with Gasteiger partial charge in [-0.2, -0.15) is 0 Å². The fourth-order valence-corrected chi connectivity index (χ4v) is 2.15. The number of ether oxygens (including phenoxy) is 1. The molecule has 1 aromatic heterocycles. The molecular weight excluding hydrogens is 218 g/mol. The second-order valence-corrected chi connectivity index (χ2v) is 4.27. The van der Waals surface area contributed by atoms with Crippen molar-refractivity contribution in [1.29, 1.82) is 0 Å². The van der Waals surface area contributed by atoms with Gasteiger partial charge in [-0.15, -0.1) is 0 Å². The summed E-state index contributed by atoms with van der Waals surface area (Å²) in [6, 6.07) is 5.60. The number of nitrogens with zero attached hydrogens (tertiary/aromatic N) is 1. The van der Waals surface area contributed by atoms with E-state index in [1.165, 1.54) is 0 Å². The Morgan fingerprint density at radius 1 is 1.35 bits per heavy atom. The van der Waals surface area contributed by atoms with E-state index in [-0.39, 0.29) is 17.9 Å². The van der Waals surface area contributed by atoms with E-state index in [9.17, 15) is 4.79 Å². The van der Waals surface area contributed by atoms with Crippen molar-refractivity contribution >= 4 is 5.91 Å². The van der Waals surface area contributed by atoms with Crippen LogP contribution in [0.2, 0.25) is 0 Å². The van der Waals surface area contributed by atoms with Crippen LogP contribution in [0.15, 0.2) is 24.4 Å². The van der Waals surface area contributed by atoms with Crippen molar-refractivity contribution in [2.75, 3.05) is 0 Å². The summed E-state index contributed by atoms with van der Waals surface area (Å²) in [5.74, 6) is 5.74. The third kappa shape index (κ3) is 3.17. The first kappa shape index (κ1) is 11.9. The Labute approximate surface area is 100 Å². The fraction of sp³-hybridized carbons (Fsp3) is 0.500. The minimum atomic E-state index is -0.0683. The van der Waals surface area contributed by atoms with Crippen molar-refractivity contribution in [3.8, 4) is 5.88 Å². The van der Waals surface area contributed by atoms with Crippen molar-refractivity contribution in [2.45, 2.75) is 31.8 Å². The maximum Gasteiger partial charge on any atom is 0.236 e. The van der Waals surface area contributed by atoms with Gasteiger partial charge in [0.2, 0.25) is 11.8 Å². The van der Waals surface area contributed by atoms with Gasteiger partial charge in [-0.25, -0.2) is 10.8 Å². The molecule has 0 aliphatic heterocycles. The molecule has 1 amide bonds. The van der Waals surface area contributed by atoms with Gasteiger partial charge in [0, 0.05) is 18.2 Å². The van der Waals surface area contributed by atoms with Crippen LogP contribution in [0.1, 0.15) is 25.7 Å². The van der Waals surface area contributed by atoms with Crippen LogP contribution in [0, 0.1) is 5.92 Å². The smallest absolute Gasteiger partial charge is 0.236 e. The van der Waals surface area contributed by atoms with Gasteiger partial charge in [0.15, 0.2) is 0 Å². The molecule has 1 aromatic rings. The molecule has 1 heterocycles. The van der Waals surface area contributed by atoms with Crippen LogP contribution < -0.4 is 16.0 Å². The van der Waals surface area contributed by atoms with Gasteiger partial charge >= 0.3 is 0 Å². The molecule has 1 aliphatic carbocycles. The number of hydrazine groups is 1. The van der Waals surface area contributed by atoms with Crippen LogP contribution in [-0.2, 0) is 4.79 Å². The molecule has 2 rings (SSSR count). The van der Waals surface area contributed by atoms with Crippen LogP contribution in [0.4, 0.5) is 0 Å². The Hall–Kier alpha value is -1.62. The lowest BCUT2D eigenvalue weighted by atomic mass is 9.87. The molecule has 17 heavy (non-hydrogen) atoms. The van der Waals surface area contributed by atoms with E-state index in [0.29, 0.717) is 5.88 Å². The number of rotatable bonds is 3. The molecule has 1 aliphatic rings. The molecule has 0 radical (unpaired) electrons. The SMILES string of the molecule is NNC(=O)[C@H]1CC[C@H](Oc2ccccn2)CC1. The standard InChI is InChI=1S/C12H17N3O2/c13-15-12(16)9-4-6-10(7-5-9)17-11-3-1-2-8-14-11/h1-3,8-10H,4-7,13H2,(H,15,16)/t9-,10-. The van der Waals surface area contributed by atoms with E-state index in [2.05, 4.69) is 10.4 Å². The Morgan fingerprint density at radius 2 is 2.12 bits per heavy atom. The van der Waals surface area contributed by atoms with E-state index < -0.39 is 0 Å². The summed E-state index contributed by atoms with van der Waals surface area (Å²) >= 11 is 0. The van der Waals surface area contributed by atoms with Crippen LogP contribution >= 0.6 is 0 Å². The molecule has 92 valence electrons. The molecule has 0 bridgehead atoms. The first-order chi connectivity index (χ1) is 8.29. The van der Waals surface area contributed by atoms with Gasteiger partial charge in [-0.05, 0) is 31.7 Å². The predicted octanol–water partition coefficient (Wildman–Crippen LogP) is 1.01. The second-order valence-electron chi connectivity index (χ2n) is 4.27. The maximum absolute atomic E-state index is 11.3. The monoisotopic (exact) mass is 235 g/mol. The van der Waals surface area contributed by atoms with Crippen LogP contribution in [0.5, 0.6) is 5.88 Å². The van der Waals surface area contributed by atoms with Gasteiger partial charge in [0.1, 0.15) is 6.10 Å². The molecule has 0 unspecified atom stereocenters. The minimum Gasteiger partial charge on any atom is -0.474 e. The maximum atomic E-state index is 11.3. The average molecular weight is 235 g/mol. The number of hydrogen-bond donors (Lipinski definition) is 2. The van der Waals surface area contributed by atoms with E-state index in [0.717, 1.165) is 25.7 Å². The third-order valence-corrected chi connectivity index (χ3v) is 3.11. The highest BCUT2D eigenvalue weighted by molar-refractivity contribution is 5.77. The number of carbonyl (C=O) groups is 1. The van der Waals surface area contributed by atoms with Crippen molar-refractivity contribution in [1.82, 2.24) is 10.4 Å². The summed E-state index contributed by atoms with van der Waals surface area (Å²) < 4.78 is 5.74. The zero-order valence-corrected chi connectivity index (χ0v) is 9.63. The van der Waals surface area contributed by atoms with Gasteiger partial charge < -0.3 is 4.74 Å². The highest BCUT2D eigenvalue weighted by Crippen LogP contribution is 2.26. The lowest BCUT2D eigenvalue weighted by Gasteiger charge is -2.27. The zero-order chi connectivity index (χ0) is 12.1. The van der Waals surface area contributed by atoms with Crippen molar-refractivity contribution < 1.29 is 9.53 Å². The molecule has 0 atom stereocenters. The first-order valence-electron chi connectivity index (χ1n) is 5.87. The highest BCUT2D eigenvalue weighted by atomic mass is 16.5. The number of aromatic nitrogens is 1. The third-order valence-electron chi connectivity index (χ3n) is 3.11. The van der Waals surface area contributed by atoms with Gasteiger partial charge in [0.05, 0.1) is 0 Å². The van der Waals surface area contributed by atoms with Gasteiger partial charge in [-0.1, -0.05) is 6.07 Å². The van der Waals surface area contributed by atoms with Crippen molar-refractivity contribution in [3.63, 3.8) is 0 Å². The number of hydrogen-bond acceptors (Lipinski definition) is 4. The molecular formula is C12H17N3O2. The Balaban J connectivity index is 1.82. The summed E-state index contributed by atoms with van der Waals surface area (Å²) in [5.41, 5.74) is 2.21. The van der Waals surface area contributed by atoms with Crippen LogP contribution in [0.25, 0.3) is 0 Å². The minimum absolute atomic E-state index is 0.0311. The first-order valence-corrected chi connectivity index (χ1v) is 5.87. The Kier molecular flexibility index (Phi) is 3.93. The van der Waals surface area contributed by atoms with Gasteiger partial charge in [-0.3, -0.25) is 10.2 Å². The topological polar surface area (TPSA) is 77.2 Å². The number of carbonyl (C=O) groups excluding carboxylic acids is 1. The predicted molar refractivity (Wildman–Crippen MR) is 62.9 cm³/mol. The molecule has 1 saturated carbocycles. The van der Waals surface area contributed by atoms with E-state index in [1.54, 1.807) is 6.20 Å². The van der Waals surface area contributed by atoms with Crippen molar-refractivity contribution in [3.05, 3.63) is 24.4 Å². The molecule has 5 nitrogen and oxygen atoms in total. The number of pyridine rings is 1. The lowest BCUT2D eigenvalue weighted by Crippen LogP contribution is -2.38. The zero-order valence-electron chi connectivity index (χ0n) is 9.63. The molecule has 3 N–H and O–H groups in total. The summed E-state index contributed by atoms with van der Waals surface area (Å²) in [5, 5.41) is 0. The number of nitrogens with two attached hydrogens (primary N) is 1. The highest BCUT2D eigenvalue weighted by Gasteiger charge is 2.26. The molecule has 0 aromatic carbocycles. The normalized spacial score (nSPS) is 24.1. The van der Waals surface area contributed by atoms with E-state index >= 15 is 0 Å². The summed E-state index contributed by atoms with van der Waals surface area (Å²) in [7, 11) is 0. The quantitative estimate of drug-likeness (QED) is 0.465. The van der Waals surface area contributed by atoms with Crippen LogP contribution in [0.3, 0.4) is 0 Å². The molecule has 5 heteroatoms. The van der Waals surface area contributed by atoms with Gasteiger partial charge in [0.25, 0.3) is 0 Å². The largest absolute Gasteiger partial charge is 0.474 e. The summed E-state index contributed by atoms with van der Waals surface area (Å²) in [6.07, 6.45) is 5.25. The summed E-state index contributed by atoms with van der Waals surface area (Å²) in [6.45, 7) is 0.